The van der Waals surface area contributed by atoms with Gasteiger partial charge in [0.1, 0.15) is 0 Å². The molecule has 3 N–H and O–H groups in total. The van der Waals surface area contributed by atoms with Gasteiger partial charge >= 0.3 is 6.01 Å². The lowest BCUT2D eigenvalue weighted by Gasteiger charge is -2.11. The first-order valence-corrected chi connectivity index (χ1v) is 9.98. The van der Waals surface area contributed by atoms with Crippen LogP contribution in [0.1, 0.15) is 27.6 Å². The molecule has 0 fully saturated rings. The van der Waals surface area contributed by atoms with Gasteiger partial charge in [0.25, 0.3) is 11.8 Å². The summed E-state index contributed by atoms with van der Waals surface area (Å²) in [5, 5.41) is 15.7. The van der Waals surface area contributed by atoms with Crippen LogP contribution in [0.25, 0.3) is 11.5 Å². The van der Waals surface area contributed by atoms with E-state index in [1.807, 2.05) is 30.3 Å². The van der Waals surface area contributed by atoms with Crippen LogP contribution in [0.3, 0.4) is 0 Å². The van der Waals surface area contributed by atoms with Crippen molar-refractivity contribution in [2.24, 2.45) is 0 Å². The van der Waals surface area contributed by atoms with Crippen LogP contribution in [0.2, 0.25) is 0 Å². The average Bonchev–Trinajstić information content (AvgIpc) is 3.28. The van der Waals surface area contributed by atoms with Gasteiger partial charge < -0.3 is 15.1 Å². The van der Waals surface area contributed by atoms with Crippen LogP contribution in [0.15, 0.2) is 83.3 Å². The molecule has 0 aliphatic heterocycles. The molecule has 164 valence electrons. The number of hydrogen-bond acceptors (Lipinski definition) is 6. The zero-order valence-electron chi connectivity index (χ0n) is 17.5. The number of nitrogens with zero attached hydrogens (tertiary/aromatic N) is 2. The van der Waals surface area contributed by atoms with Crippen molar-refractivity contribution < 1.29 is 18.8 Å². The SMILES string of the molecule is CC(=O)Nc1ccccc1C(=O)Nc1cccc(C(=O)Nc2nnc(-c3ccccc3)o2)c1. The highest BCUT2D eigenvalue weighted by Gasteiger charge is 2.15. The van der Waals surface area contributed by atoms with Crippen LogP contribution in [0.4, 0.5) is 17.4 Å². The molecule has 0 radical (unpaired) electrons. The van der Waals surface area contributed by atoms with Gasteiger partial charge in [0.2, 0.25) is 11.8 Å². The largest absolute Gasteiger partial charge is 0.403 e. The zero-order chi connectivity index (χ0) is 23.2. The number of benzene rings is 3. The zero-order valence-corrected chi connectivity index (χ0v) is 17.5. The fourth-order valence-electron chi connectivity index (χ4n) is 3.06. The van der Waals surface area contributed by atoms with E-state index in [1.54, 1.807) is 42.5 Å². The lowest BCUT2D eigenvalue weighted by atomic mass is 10.1. The van der Waals surface area contributed by atoms with Crippen molar-refractivity contribution in [2.75, 3.05) is 16.0 Å². The molecule has 0 aliphatic carbocycles. The third-order valence-corrected chi connectivity index (χ3v) is 4.53. The Labute approximate surface area is 188 Å². The molecule has 4 rings (SSSR count). The predicted octanol–water partition coefficient (Wildman–Crippen LogP) is 4.20. The molecule has 0 aliphatic rings. The number of amides is 3. The Balaban J connectivity index is 1.46. The Morgan fingerprint density at radius 3 is 2.30 bits per heavy atom. The maximum Gasteiger partial charge on any atom is 0.322 e. The van der Waals surface area contributed by atoms with E-state index in [1.165, 1.54) is 13.0 Å². The van der Waals surface area contributed by atoms with E-state index in [0.717, 1.165) is 5.56 Å². The Morgan fingerprint density at radius 1 is 0.758 bits per heavy atom. The lowest BCUT2D eigenvalue weighted by molar-refractivity contribution is -0.114. The number of nitrogens with one attached hydrogen (secondary N) is 3. The van der Waals surface area contributed by atoms with E-state index in [4.69, 9.17) is 4.42 Å². The maximum atomic E-state index is 12.7. The van der Waals surface area contributed by atoms with Crippen molar-refractivity contribution in [2.45, 2.75) is 6.92 Å². The highest BCUT2D eigenvalue weighted by atomic mass is 16.4. The fourth-order valence-corrected chi connectivity index (χ4v) is 3.06. The topological polar surface area (TPSA) is 126 Å². The summed E-state index contributed by atoms with van der Waals surface area (Å²) in [5.74, 6) is -0.913. The molecule has 9 nitrogen and oxygen atoms in total. The highest BCUT2D eigenvalue weighted by molar-refractivity contribution is 6.10. The van der Waals surface area contributed by atoms with Crippen LogP contribution in [0.5, 0.6) is 0 Å². The number of aromatic nitrogens is 2. The van der Waals surface area contributed by atoms with Crippen LogP contribution < -0.4 is 16.0 Å². The second-order valence-corrected chi connectivity index (χ2v) is 6.99. The van der Waals surface area contributed by atoms with Crippen LogP contribution in [0, 0.1) is 0 Å². The predicted molar refractivity (Wildman–Crippen MR) is 123 cm³/mol. The average molecular weight is 441 g/mol. The smallest absolute Gasteiger partial charge is 0.322 e. The molecular formula is C24H19N5O4. The van der Waals surface area contributed by atoms with Gasteiger partial charge in [-0.2, -0.15) is 0 Å². The molecule has 0 saturated carbocycles. The summed E-state index contributed by atoms with van der Waals surface area (Å²) in [6, 6.07) is 22.2. The quantitative estimate of drug-likeness (QED) is 0.412. The molecule has 33 heavy (non-hydrogen) atoms. The lowest BCUT2D eigenvalue weighted by Crippen LogP contribution is -2.17. The maximum absolute atomic E-state index is 12.7. The van der Waals surface area contributed by atoms with Gasteiger partial charge in [-0.1, -0.05) is 41.5 Å². The summed E-state index contributed by atoms with van der Waals surface area (Å²) in [6.07, 6.45) is 0. The molecule has 9 heteroatoms. The molecule has 3 aromatic carbocycles. The monoisotopic (exact) mass is 441 g/mol. The first-order valence-electron chi connectivity index (χ1n) is 9.98. The van der Waals surface area contributed by atoms with E-state index in [2.05, 4.69) is 26.1 Å². The normalized spacial score (nSPS) is 10.3. The number of hydrogen-bond donors (Lipinski definition) is 3. The molecule has 1 aromatic heterocycles. The molecule has 0 bridgehead atoms. The minimum atomic E-state index is -0.479. The Hall–Kier alpha value is -4.79. The summed E-state index contributed by atoms with van der Waals surface area (Å²) < 4.78 is 5.50. The van der Waals surface area contributed by atoms with E-state index >= 15 is 0 Å². The van der Waals surface area contributed by atoms with Crippen LogP contribution >= 0.6 is 0 Å². The van der Waals surface area contributed by atoms with Crippen molar-refractivity contribution in [3.05, 3.63) is 90.0 Å². The van der Waals surface area contributed by atoms with Gasteiger partial charge in [-0.15, -0.1) is 5.10 Å². The summed E-state index contributed by atoms with van der Waals surface area (Å²) in [5.41, 5.74) is 2.10. The van der Waals surface area contributed by atoms with Gasteiger partial charge in [0.15, 0.2) is 0 Å². The van der Waals surface area contributed by atoms with Crippen molar-refractivity contribution >= 4 is 35.1 Å². The number of anilines is 3. The summed E-state index contributed by atoms with van der Waals surface area (Å²) in [6.45, 7) is 1.36. The van der Waals surface area contributed by atoms with Crippen LogP contribution in [-0.4, -0.2) is 27.9 Å². The van der Waals surface area contributed by atoms with Crippen molar-refractivity contribution in [1.29, 1.82) is 0 Å². The number of rotatable bonds is 6. The fraction of sp³-hybridized carbons (Fsp3) is 0.0417. The Morgan fingerprint density at radius 2 is 1.52 bits per heavy atom. The van der Waals surface area contributed by atoms with Gasteiger partial charge in [-0.25, -0.2) is 0 Å². The molecule has 3 amide bonds. The van der Waals surface area contributed by atoms with E-state index in [0.29, 0.717) is 16.9 Å². The number of carbonyl (C=O) groups is 3. The molecule has 0 atom stereocenters. The number of para-hydroxylation sites is 1. The van der Waals surface area contributed by atoms with Crippen molar-refractivity contribution in [3.8, 4) is 11.5 Å². The second-order valence-electron chi connectivity index (χ2n) is 6.99. The molecule has 0 spiro atoms. The molecule has 4 aromatic rings. The number of carbonyl (C=O) groups excluding carboxylic acids is 3. The van der Waals surface area contributed by atoms with E-state index in [-0.39, 0.29) is 23.4 Å². The summed E-state index contributed by atoms with van der Waals surface area (Å²) >= 11 is 0. The third kappa shape index (κ3) is 5.28. The molecule has 1 heterocycles. The van der Waals surface area contributed by atoms with Gasteiger partial charge in [-0.05, 0) is 42.5 Å². The Bertz CT molecular complexity index is 1320. The van der Waals surface area contributed by atoms with E-state index < -0.39 is 11.8 Å². The third-order valence-electron chi connectivity index (χ3n) is 4.53. The van der Waals surface area contributed by atoms with Crippen molar-refractivity contribution in [3.63, 3.8) is 0 Å². The molecule has 0 saturated heterocycles. The highest BCUT2D eigenvalue weighted by Crippen LogP contribution is 2.21. The Kier molecular flexibility index (Phi) is 6.21. The molecule has 0 unspecified atom stereocenters. The second kappa shape index (κ2) is 9.56. The minimum absolute atomic E-state index is 0.0440. The van der Waals surface area contributed by atoms with Gasteiger partial charge in [0.05, 0.1) is 11.3 Å². The standard InChI is InChI=1S/C24H19N5O4/c1-15(30)25-20-13-6-5-12-19(20)22(32)26-18-11-7-10-17(14-18)21(31)27-24-29-28-23(33-24)16-8-3-2-4-9-16/h2-14H,1H3,(H,25,30)(H,26,32)(H,27,29,31). The van der Waals surface area contributed by atoms with E-state index in [9.17, 15) is 14.4 Å². The minimum Gasteiger partial charge on any atom is -0.403 e. The van der Waals surface area contributed by atoms with Gasteiger partial charge in [0, 0.05) is 23.7 Å². The first kappa shape index (κ1) is 21.4. The van der Waals surface area contributed by atoms with Crippen LogP contribution in [-0.2, 0) is 4.79 Å². The van der Waals surface area contributed by atoms with Gasteiger partial charge in [-0.3, -0.25) is 19.7 Å². The summed E-state index contributed by atoms with van der Waals surface area (Å²) in [7, 11) is 0. The molecular weight excluding hydrogens is 422 g/mol. The van der Waals surface area contributed by atoms with Crippen molar-refractivity contribution in [1.82, 2.24) is 10.2 Å². The summed E-state index contributed by atoms with van der Waals surface area (Å²) in [4.78, 5) is 36.8. The first-order chi connectivity index (χ1) is 16.0.